The highest BCUT2D eigenvalue weighted by Crippen LogP contribution is 2.34. The lowest BCUT2D eigenvalue weighted by molar-refractivity contribution is 0.0559. The summed E-state index contributed by atoms with van der Waals surface area (Å²) in [5, 5.41) is 0. The van der Waals surface area contributed by atoms with Crippen LogP contribution in [0.2, 0.25) is 0 Å². The number of amides is 1. The molecule has 1 aliphatic rings. The van der Waals surface area contributed by atoms with Crippen molar-refractivity contribution in [2.24, 2.45) is 0 Å². The van der Waals surface area contributed by atoms with Crippen LogP contribution in [0.4, 0.5) is 10.5 Å². The molecule has 0 bridgehead atoms. The molecule has 24 heavy (non-hydrogen) atoms. The van der Waals surface area contributed by atoms with Gasteiger partial charge >= 0.3 is 6.09 Å². The average Bonchev–Trinajstić information content (AvgIpc) is 2.93. The molecular formula is C20H21NO3. The van der Waals surface area contributed by atoms with E-state index in [0.29, 0.717) is 12.0 Å². The molecule has 0 fully saturated rings. The van der Waals surface area contributed by atoms with Crippen molar-refractivity contribution in [3.05, 3.63) is 65.7 Å². The first-order chi connectivity index (χ1) is 11.4. The van der Waals surface area contributed by atoms with Gasteiger partial charge in [0.2, 0.25) is 0 Å². The van der Waals surface area contributed by atoms with E-state index in [2.05, 4.69) is 0 Å². The molecule has 2 aromatic rings. The Kier molecular flexibility index (Phi) is 4.14. The molecule has 1 aliphatic heterocycles. The summed E-state index contributed by atoms with van der Waals surface area (Å²) in [7, 11) is 0. The minimum absolute atomic E-state index is 0.0716. The Morgan fingerprint density at radius 3 is 2.29 bits per heavy atom. The molecule has 1 unspecified atom stereocenters. The second kappa shape index (κ2) is 6.11. The lowest BCUT2D eigenvalue weighted by atomic mass is 10.0. The molecule has 4 heteroatoms. The lowest BCUT2D eigenvalue weighted by Gasteiger charge is -2.28. The van der Waals surface area contributed by atoms with Gasteiger partial charge in [-0.15, -0.1) is 0 Å². The minimum Gasteiger partial charge on any atom is -0.443 e. The Morgan fingerprint density at radius 2 is 1.62 bits per heavy atom. The van der Waals surface area contributed by atoms with E-state index in [1.165, 1.54) is 4.90 Å². The maximum absolute atomic E-state index is 12.9. The smallest absolute Gasteiger partial charge is 0.415 e. The third-order valence-corrected chi connectivity index (χ3v) is 3.93. The maximum Gasteiger partial charge on any atom is 0.415 e. The molecule has 0 aliphatic carbocycles. The SMILES string of the molecule is CC(C)(C)OC(=O)N1c2ccccc2CC1C(=O)c1ccccc1. The van der Waals surface area contributed by atoms with Crippen LogP contribution in [0, 0.1) is 0 Å². The number of ketones is 1. The molecule has 1 atom stereocenters. The number of fused-ring (bicyclic) bond motifs is 1. The molecule has 0 aromatic heterocycles. The number of rotatable bonds is 2. The summed E-state index contributed by atoms with van der Waals surface area (Å²) in [6.45, 7) is 5.46. The molecule has 0 saturated carbocycles. The summed E-state index contributed by atoms with van der Waals surface area (Å²) < 4.78 is 5.53. The van der Waals surface area contributed by atoms with Crippen LogP contribution in [-0.2, 0) is 11.2 Å². The van der Waals surface area contributed by atoms with Crippen molar-refractivity contribution in [2.75, 3.05) is 4.90 Å². The van der Waals surface area contributed by atoms with Crippen LogP contribution in [0.25, 0.3) is 0 Å². The Hall–Kier alpha value is -2.62. The summed E-state index contributed by atoms with van der Waals surface area (Å²) >= 11 is 0. The summed E-state index contributed by atoms with van der Waals surface area (Å²) in [6.07, 6.45) is 0.0186. The molecule has 2 aromatic carbocycles. The number of anilines is 1. The van der Waals surface area contributed by atoms with Gasteiger partial charge in [0.1, 0.15) is 11.6 Å². The van der Waals surface area contributed by atoms with Crippen LogP contribution >= 0.6 is 0 Å². The first-order valence-corrected chi connectivity index (χ1v) is 8.06. The number of nitrogens with zero attached hydrogens (tertiary/aromatic N) is 1. The fraction of sp³-hybridized carbons (Fsp3) is 0.300. The zero-order chi connectivity index (χ0) is 17.3. The topological polar surface area (TPSA) is 46.6 Å². The van der Waals surface area contributed by atoms with Gasteiger partial charge in [0.05, 0.1) is 5.69 Å². The fourth-order valence-electron chi connectivity index (χ4n) is 2.93. The van der Waals surface area contributed by atoms with Crippen molar-refractivity contribution < 1.29 is 14.3 Å². The zero-order valence-corrected chi connectivity index (χ0v) is 14.2. The van der Waals surface area contributed by atoms with Crippen molar-refractivity contribution in [1.82, 2.24) is 0 Å². The maximum atomic E-state index is 12.9. The lowest BCUT2D eigenvalue weighted by Crippen LogP contribution is -2.45. The Labute approximate surface area is 142 Å². The third-order valence-electron chi connectivity index (χ3n) is 3.93. The highest BCUT2D eigenvalue weighted by atomic mass is 16.6. The molecule has 1 heterocycles. The van der Waals surface area contributed by atoms with E-state index in [1.54, 1.807) is 12.1 Å². The van der Waals surface area contributed by atoms with E-state index >= 15 is 0 Å². The number of hydrogen-bond donors (Lipinski definition) is 0. The van der Waals surface area contributed by atoms with Crippen molar-refractivity contribution >= 4 is 17.6 Å². The molecule has 124 valence electrons. The number of ether oxygens (including phenoxy) is 1. The second-order valence-electron chi connectivity index (χ2n) is 6.93. The first-order valence-electron chi connectivity index (χ1n) is 8.06. The molecule has 3 rings (SSSR count). The number of benzene rings is 2. The number of carbonyl (C=O) groups excluding carboxylic acids is 2. The van der Waals surface area contributed by atoms with Gasteiger partial charge < -0.3 is 4.74 Å². The van der Waals surface area contributed by atoms with Gasteiger partial charge in [0, 0.05) is 12.0 Å². The predicted octanol–water partition coefficient (Wildman–Crippen LogP) is 4.24. The summed E-state index contributed by atoms with van der Waals surface area (Å²) in [5.41, 5.74) is 1.72. The number of hydrogen-bond acceptors (Lipinski definition) is 3. The van der Waals surface area contributed by atoms with Crippen molar-refractivity contribution in [3.63, 3.8) is 0 Å². The first kappa shape index (κ1) is 16.2. The van der Waals surface area contributed by atoms with E-state index in [0.717, 1.165) is 11.3 Å². The van der Waals surface area contributed by atoms with E-state index in [-0.39, 0.29) is 5.78 Å². The van der Waals surface area contributed by atoms with Gasteiger partial charge in [-0.25, -0.2) is 4.79 Å². The van der Waals surface area contributed by atoms with Gasteiger partial charge in [-0.3, -0.25) is 9.69 Å². The molecular weight excluding hydrogens is 302 g/mol. The fourth-order valence-corrected chi connectivity index (χ4v) is 2.93. The predicted molar refractivity (Wildman–Crippen MR) is 93.4 cm³/mol. The highest BCUT2D eigenvalue weighted by molar-refractivity contribution is 6.08. The molecule has 0 N–H and O–H groups in total. The van der Waals surface area contributed by atoms with Gasteiger partial charge in [0.25, 0.3) is 0 Å². The Balaban J connectivity index is 1.96. The van der Waals surface area contributed by atoms with Gasteiger partial charge in [-0.05, 0) is 32.4 Å². The standard InChI is InChI=1S/C20H21NO3/c1-20(2,3)24-19(23)21-16-12-8-7-11-15(16)13-17(21)18(22)14-9-5-4-6-10-14/h4-12,17H,13H2,1-3H3. The molecule has 1 amide bonds. The van der Waals surface area contributed by atoms with Crippen LogP contribution in [0.15, 0.2) is 54.6 Å². The van der Waals surface area contributed by atoms with E-state index < -0.39 is 17.7 Å². The zero-order valence-electron chi connectivity index (χ0n) is 14.2. The summed E-state index contributed by atoms with van der Waals surface area (Å²) in [4.78, 5) is 27.2. The normalized spacial score (nSPS) is 16.6. The monoisotopic (exact) mass is 323 g/mol. The quantitative estimate of drug-likeness (QED) is 0.777. The van der Waals surface area contributed by atoms with Crippen LogP contribution in [-0.4, -0.2) is 23.5 Å². The summed E-state index contributed by atoms with van der Waals surface area (Å²) in [6, 6.07) is 16.1. The van der Waals surface area contributed by atoms with Crippen LogP contribution < -0.4 is 4.90 Å². The van der Waals surface area contributed by atoms with Crippen molar-refractivity contribution in [1.29, 1.82) is 0 Å². The Bertz CT molecular complexity index is 762. The number of para-hydroxylation sites is 1. The van der Waals surface area contributed by atoms with Gasteiger partial charge in [-0.2, -0.15) is 0 Å². The van der Waals surface area contributed by atoms with Crippen molar-refractivity contribution in [3.8, 4) is 0 Å². The minimum atomic E-state index is -0.616. The molecule has 0 saturated heterocycles. The molecule has 0 spiro atoms. The van der Waals surface area contributed by atoms with Gasteiger partial charge in [-0.1, -0.05) is 48.5 Å². The van der Waals surface area contributed by atoms with Gasteiger partial charge in [0.15, 0.2) is 5.78 Å². The van der Waals surface area contributed by atoms with Crippen LogP contribution in [0.3, 0.4) is 0 Å². The largest absolute Gasteiger partial charge is 0.443 e. The highest BCUT2D eigenvalue weighted by Gasteiger charge is 2.40. The van der Waals surface area contributed by atoms with Crippen molar-refractivity contribution in [2.45, 2.75) is 38.8 Å². The van der Waals surface area contributed by atoms with E-state index in [9.17, 15) is 9.59 Å². The summed E-state index contributed by atoms with van der Waals surface area (Å²) in [5.74, 6) is -0.0716. The molecule has 4 nitrogen and oxygen atoms in total. The third kappa shape index (κ3) is 3.18. The van der Waals surface area contributed by atoms with E-state index in [1.807, 2.05) is 63.2 Å². The van der Waals surface area contributed by atoms with E-state index in [4.69, 9.17) is 4.74 Å². The second-order valence-corrected chi connectivity index (χ2v) is 6.93. The van der Waals surface area contributed by atoms with Crippen LogP contribution in [0.1, 0.15) is 36.7 Å². The Morgan fingerprint density at radius 1 is 1.00 bits per heavy atom. The number of Topliss-reactive ketones (excluding diaryl/α,β-unsaturated/α-hetero) is 1. The molecule has 0 radical (unpaired) electrons. The average molecular weight is 323 g/mol. The van der Waals surface area contributed by atoms with Crippen LogP contribution in [0.5, 0.6) is 0 Å². The number of carbonyl (C=O) groups is 2.